The molecular formula is C22H26N2O3. The molecule has 1 aliphatic rings. The van der Waals surface area contributed by atoms with E-state index in [2.05, 4.69) is 30.1 Å². The van der Waals surface area contributed by atoms with Gasteiger partial charge in [0.15, 0.2) is 6.61 Å². The molecule has 27 heavy (non-hydrogen) atoms. The molecule has 0 bridgehead atoms. The van der Waals surface area contributed by atoms with Crippen molar-refractivity contribution in [2.75, 3.05) is 29.9 Å². The Morgan fingerprint density at radius 1 is 1.00 bits per heavy atom. The van der Waals surface area contributed by atoms with Gasteiger partial charge in [-0.2, -0.15) is 0 Å². The lowest BCUT2D eigenvalue weighted by molar-refractivity contribution is -0.119. The molecule has 5 nitrogen and oxygen atoms in total. The molecule has 0 saturated heterocycles. The number of rotatable bonds is 7. The van der Waals surface area contributed by atoms with Gasteiger partial charge in [-0.25, -0.2) is 4.79 Å². The molecule has 1 N–H and O–H groups in total. The van der Waals surface area contributed by atoms with E-state index < -0.39 is 5.97 Å². The van der Waals surface area contributed by atoms with Crippen molar-refractivity contribution in [2.24, 2.45) is 0 Å². The number of esters is 1. The van der Waals surface area contributed by atoms with Crippen LogP contribution in [-0.4, -0.2) is 31.6 Å². The second-order valence-corrected chi connectivity index (χ2v) is 6.68. The van der Waals surface area contributed by atoms with E-state index in [1.165, 1.54) is 11.1 Å². The van der Waals surface area contributed by atoms with Crippen LogP contribution in [0.4, 0.5) is 11.4 Å². The third-order valence-electron chi connectivity index (χ3n) is 4.95. The highest BCUT2D eigenvalue weighted by Gasteiger charge is 2.14. The fraction of sp³-hybridized carbons (Fsp3) is 0.364. The molecule has 0 heterocycles. The minimum absolute atomic E-state index is 0.298. The summed E-state index contributed by atoms with van der Waals surface area (Å²) in [7, 11) is 0. The molecule has 0 radical (unpaired) electrons. The van der Waals surface area contributed by atoms with Gasteiger partial charge in [0.05, 0.1) is 5.56 Å². The Morgan fingerprint density at radius 3 is 2.41 bits per heavy atom. The van der Waals surface area contributed by atoms with Gasteiger partial charge in [0.2, 0.25) is 0 Å². The number of nitrogens with one attached hydrogen (secondary N) is 1. The van der Waals surface area contributed by atoms with Gasteiger partial charge < -0.3 is 15.0 Å². The van der Waals surface area contributed by atoms with Gasteiger partial charge in [-0.1, -0.05) is 6.07 Å². The Labute approximate surface area is 160 Å². The van der Waals surface area contributed by atoms with E-state index in [4.69, 9.17) is 4.74 Å². The SMILES string of the molecule is CCN(CC)c1ccc(C(=O)OCC(=O)Nc2ccc3c(c2)CCC3)cc1. The predicted molar refractivity (Wildman–Crippen MR) is 107 cm³/mol. The Hall–Kier alpha value is -2.82. The topological polar surface area (TPSA) is 58.6 Å². The first-order valence-corrected chi connectivity index (χ1v) is 9.54. The number of fused-ring (bicyclic) bond motifs is 1. The van der Waals surface area contributed by atoms with Gasteiger partial charge in [-0.05, 0) is 80.6 Å². The van der Waals surface area contributed by atoms with Gasteiger partial charge in [0.25, 0.3) is 5.91 Å². The predicted octanol–water partition coefficient (Wildman–Crippen LogP) is 3.82. The zero-order chi connectivity index (χ0) is 19.2. The van der Waals surface area contributed by atoms with Gasteiger partial charge >= 0.3 is 5.97 Å². The second-order valence-electron chi connectivity index (χ2n) is 6.68. The normalized spacial score (nSPS) is 12.4. The number of carbonyl (C=O) groups excluding carboxylic acids is 2. The molecule has 0 atom stereocenters. The van der Waals surface area contributed by atoms with E-state index in [9.17, 15) is 9.59 Å². The summed E-state index contributed by atoms with van der Waals surface area (Å²) in [5.74, 6) is -0.828. The van der Waals surface area contributed by atoms with E-state index in [0.717, 1.165) is 43.7 Å². The van der Waals surface area contributed by atoms with Crippen molar-refractivity contribution in [3.05, 3.63) is 59.2 Å². The Morgan fingerprint density at radius 2 is 1.70 bits per heavy atom. The van der Waals surface area contributed by atoms with Gasteiger partial charge in [-0.3, -0.25) is 4.79 Å². The first-order chi connectivity index (χ1) is 13.1. The van der Waals surface area contributed by atoms with Crippen LogP contribution < -0.4 is 10.2 Å². The summed E-state index contributed by atoms with van der Waals surface area (Å²) >= 11 is 0. The monoisotopic (exact) mass is 366 g/mol. The van der Waals surface area contributed by atoms with Gasteiger partial charge in [0.1, 0.15) is 0 Å². The molecule has 1 aliphatic carbocycles. The Kier molecular flexibility index (Phi) is 6.12. The number of carbonyl (C=O) groups is 2. The Bertz CT molecular complexity index is 811. The molecular weight excluding hydrogens is 340 g/mol. The number of hydrogen-bond acceptors (Lipinski definition) is 4. The number of benzene rings is 2. The van der Waals surface area contributed by atoms with Crippen LogP contribution in [0, 0.1) is 0 Å². The third-order valence-corrected chi connectivity index (χ3v) is 4.95. The average molecular weight is 366 g/mol. The highest BCUT2D eigenvalue weighted by atomic mass is 16.5. The number of amides is 1. The fourth-order valence-corrected chi connectivity index (χ4v) is 3.46. The second kappa shape index (κ2) is 8.71. The molecule has 1 amide bonds. The number of aryl methyl sites for hydroxylation is 2. The van der Waals surface area contributed by atoms with Gasteiger partial charge in [0, 0.05) is 24.5 Å². The number of ether oxygens (including phenoxy) is 1. The molecule has 2 aromatic carbocycles. The summed E-state index contributed by atoms with van der Waals surface area (Å²) in [6.45, 7) is 5.69. The lowest BCUT2D eigenvalue weighted by atomic mass is 10.1. The van der Waals surface area contributed by atoms with Gasteiger partial charge in [-0.15, -0.1) is 0 Å². The van der Waals surface area contributed by atoms with Crippen LogP contribution in [0.25, 0.3) is 0 Å². The molecule has 3 rings (SSSR count). The molecule has 142 valence electrons. The maximum Gasteiger partial charge on any atom is 0.338 e. The van der Waals surface area contributed by atoms with E-state index in [-0.39, 0.29) is 12.5 Å². The van der Waals surface area contributed by atoms with Crippen molar-refractivity contribution in [1.82, 2.24) is 0 Å². The zero-order valence-corrected chi connectivity index (χ0v) is 16.0. The summed E-state index contributed by atoms with van der Waals surface area (Å²) in [6, 6.07) is 13.2. The molecule has 2 aromatic rings. The lowest BCUT2D eigenvalue weighted by Crippen LogP contribution is -2.22. The molecule has 0 unspecified atom stereocenters. The third kappa shape index (κ3) is 4.67. The smallest absolute Gasteiger partial charge is 0.338 e. The Balaban J connectivity index is 1.51. The summed E-state index contributed by atoms with van der Waals surface area (Å²) in [5, 5.41) is 2.79. The highest BCUT2D eigenvalue weighted by Crippen LogP contribution is 2.24. The van der Waals surface area contributed by atoms with Crippen LogP contribution in [-0.2, 0) is 22.4 Å². The summed E-state index contributed by atoms with van der Waals surface area (Å²) in [5.41, 5.74) is 4.90. The van der Waals surface area contributed by atoms with Crippen LogP contribution in [0.3, 0.4) is 0 Å². The number of nitrogens with zero attached hydrogens (tertiary/aromatic N) is 1. The number of hydrogen-bond donors (Lipinski definition) is 1. The van der Waals surface area contributed by atoms with E-state index in [0.29, 0.717) is 5.56 Å². The first-order valence-electron chi connectivity index (χ1n) is 9.54. The average Bonchev–Trinajstić information content (AvgIpc) is 3.15. The van der Waals surface area contributed by atoms with Crippen LogP contribution in [0.2, 0.25) is 0 Å². The summed E-state index contributed by atoms with van der Waals surface area (Å²) in [4.78, 5) is 26.4. The molecule has 0 saturated carbocycles. The lowest BCUT2D eigenvalue weighted by Gasteiger charge is -2.20. The van der Waals surface area contributed by atoms with E-state index in [1.807, 2.05) is 24.3 Å². The van der Waals surface area contributed by atoms with Crippen molar-refractivity contribution < 1.29 is 14.3 Å². The molecule has 0 aromatic heterocycles. The fourth-order valence-electron chi connectivity index (χ4n) is 3.46. The summed E-state index contributed by atoms with van der Waals surface area (Å²) in [6.07, 6.45) is 3.32. The minimum atomic E-state index is -0.495. The first kappa shape index (κ1) is 19.0. The quantitative estimate of drug-likeness (QED) is 0.757. The molecule has 0 fully saturated rings. The number of anilines is 2. The zero-order valence-electron chi connectivity index (χ0n) is 16.0. The highest BCUT2D eigenvalue weighted by molar-refractivity contribution is 5.95. The van der Waals surface area contributed by atoms with Crippen molar-refractivity contribution in [3.8, 4) is 0 Å². The van der Waals surface area contributed by atoms with Crippen molar-refractivity contribution in [2.45, 2.75) is 33.1 Å². The molecule has 0 aliphatic heterocycles. The standard InChI is InChI=1S/C22H26N2O3/c1-3-24(4-2)20-12-9-17(10-13-20)22(26)27-15-21(25)23-19-11-8-16-6-5-7-18(16)14-19/h8-14H,3-7,15H2,1-2H3,(H,23,25). The van der Waals surface area contributed by atoms with Crippen LogP contribution in [0.5, 0.6) is 0 Å². The maximum atomic E-state index is 12.2. The van der Waals surface area contributed by atoms with Crippen molar-refractivity contribution in [1.29, 1.82) is 0 Å². The van der Waals surface area contributed by atoms with Crippen LogP contribution in [0.15, 0.2) is 42.5 Å². The minimum Gasteiger partial charge on any atom is -0.452 e. The largest absolute Gasteiger partial charge is 0.452 e. The van der Waals surface area contributed by atoms with Crippen molar-refractivity contribution >= 4 is 23.3 Å². The van der Waals surface area contributed by atoms with E-state index >= 15 is 0 Å². The summed E-state index contributed by atoms with van der Waals surface area (Å²) < 4.78 is 5.14. The van der Waals surface area contributed by atoms with Crippen LogP contribution in [0.1, 0.15) is 41.8 Å². The van der Waals surface area contributed by atoms with Crippen molar-refractivity contribution in [3.63, 3.8) is 0 Å². The van der Waals surface area contributed by atoms with Crippen LogP contribution >= 0.6 is 0 Å². The van der Waals surface area contributed by atoms with E-state index in [1.54, 1.807) is 12.1 Å². The molecule has 0 spiro atoms. The maximum absolute atomic E-state index is 12.2. The molecule has 5 heteroatoms.